The van der Waals surface area contributed by atoms with Gasteiger partial charge in [-0.05, 0) is 51.4 Å². The molecule has 0 aromatic carbocycles. The molecule has 3 fully saturated rings. The van der Waals surface area contributed by atoms with Gasteiger partial charge < -0.3 is 25.7 Å². The fraction of sp³-hybridized carbons (Fsp3) is 0.789. The zero-order valence-corrected chi connectivity index (χ0v) is 16.6. The summed E-state index contributed by atoms with van der Waals surface area (Å²) in [6, 6.07) is -1.92. The normalized spacial score (nSPS) is 35.3. The van der Waals surface area contributed by atoms with Crippen LogP contribution in [-0.2, 0) is 14.4 Å². The van der Waals surface area contributed by atoms with Gasteiger partial charge in [0.05, 0.1) is 12.2 Å². The first-order chi connectivity index (χ1) is 14.2. The standard InChI is InChI=1S/C19H29N3O8/c23-12-5-1-3-10(7-12)21-17(28)15(16(27)20-9-14(25)26)18(29)22(19(21)30)11-4-2-6-13(24)8-11/h10-13,15,17,23-24,28H,1-9H2,(H,20,27)(H,25,26)/t10-,11-,12+,13-,15?,17?/m1/s1. The zero-order valence-electron chi connectivity index (χ0n) is 16.6. The molecule has 3 aliphatic rings. The molecule has 2 aliphatic carbocycles. The summed E-state index contributed by atoms with van der Waals surface area (Å²) in [5.74, 6) is -4.87. The summed E-state index contributed by atoms with van der Waals surface area (Å²) >= 11 is 0. The predicted molar refractivity (Wildman–Crippen MR) is 101 cm³/mol. The third-order valence-electron chi connectivity index (χ3n) is 6.21. The number of nitrogens with zero attached hydrogens (tertiary/aromatic N) is 2. The van der Waals surface area contributed by atoms with Crippen molar-refractivity contribution in [3.63, 3.8) is 0 Å². The molecule has 0 spiro atoms. The van der Waals surface area contributed by atoms with Crippen molar-refractivity contribution < 1.29 is 39.6 Å². The summed E-state index contributed by atoms with van der Waals surface area (Å²) in [5, 5.41) is 41.8. The summed E-state index contributed by atoms with van der Waals surface area (Å²) in [4.78, 5) is 51.8. The Hall–Kier alpha value is -2.24. The van der Waals surface area contributed by atoms with Crippen molar-refractivity contribution in [2.75, 3.05) is 6.54 Å². The monoisotopic (exact) mass is 427 g/mol. The Morgan fingerprint density at radius 3 is 2.07 bits per heavy atom. The molecule has 2 unspecified atom stereocenters. The Morgan fingerprint density at radius 2 is 1.50 bits per heavy atom. The van der Waals surface area contributed by atoms with Gasteiger partial charge in [-0.25, -0.2) is 4.79 Å². The lowest BCUT2D eigenvalue weighted by Crippen LogP contribution is -2.69. The molecule has 0 aromatic rings. The average molecular weight is 427 g/mol. The maximum atomic E-state index is 13.3. The summed E-state index contributed by atoms with van der Waals surface area (Å²) < 4.78 is 0. The fourth-order valence-electron chi connectivity index (χ4n) is 4.76. The Labute approximate surface area is 173 Å². The lowest BCUT2D eigenvalue weighted by molar-refractivity contribution is -0.164. The van der Waals surface area contributed by atoms with E-state index in [9.17, 15) is 34.5 Å². The number of amides is 4. The van der Waals surface area contributed by atoms with Crippen molar-refractivity contribution in [2.45, 2.75) is 81.9 Å². The number of nitrogens with one attached hydrogen (secondary N) is 1. The number of rotatable bonds is 5. The average Bonchev–Trinajstić information content (AvgIpc) is 2.66. The molecule has 1 heterocycles. The molecule has 0 bridgehead atoms. The number of carbonyl (C=O) groups excluding carboxylic acids is 3. The smallest absolute Gasteiger partial charge is 0.329 e. The number of carbonyl (C=O) groups is 4. The molecule has 1 aliphatic heterocycles. The van der Waals surface area contributed by atoms with Gasteiger partial charge in [-0.3, -0.25) is 24.2 Å². The molecule has 3 rings (SSSR count). The molecule has 11 heteroatoms. The SMILES string of the molecule is O=C(O)CNC(=O)C1C(=O)N([C@@H]2CCC[C@@H](O)C2)C(=O)N([C@@H]2CCC[C@H](O)C2)C1O. The molecule has 0 radical (unpaired) electrons. The molecular weight excluding hydrogens is 398 g/mol. The second-order valence-electron chi connectivity index (χ2n) is 8.35. The highest BCUT2D eigenvalue weighted by Crippen LogP contribution is 2.34. The lowest BCUT2D eigenvalue weighted by atomic mass is 9.87. The summed E-state index contributed by atoms with van der Waals surface area (Å²) in [6.07, 6.45) is 0.584. The lowest BCUT2D eigenvalue weighted by Gasteiger charge is -2.49. The van der Waals surface area contributed by atoms with Crippen LogP contribution < -0.4 is 5.32 Å². The Morgan fingerprint density at radius 1 is 0.933 bits per heavy atom. The first-order valence-electron chi connectivity index (χ1n) is 10.4. The third-order valence-corrected chi connectivity index (χ3v) is 6.21. The van der Waals surface area contributed by atoms with Gasteiger partial charge in [0.1, 0.15) is 6.54 Å². The van der Waals surface area contributed by atoms with Crippen molar-refractivity contribution in [2.24, 2.45) is 5.92 Å². The first kappa shape index (κ1) is 22.4. The third kappa shape index (κ3) is 4.57. The van der Waals surface area contributed by atoms with Gasteiger partial charge in [0.25, 0.3) is 0 Å². The molecule has 168 valence electrons. The first-order valence-corrected chi connectivity index (χ1v) is 10.4. The van der Waals surface area contributed by atoms with Crippen LogP contribution in [0.4, 0.5) is 4.79 Å². The van der Waals surface area contributed by atoms with Crippen molar-refractivity contribution in [3.8, 4) is 0 Å². The number of aliphatic carboxylic acids is 1. The van der Waals surface area contributed by atoms with Gasteiger partial charge in [0.2, 0.25) is 11.8 Å². The van der Waals surface area contributed by atoms with Crippen LogP contribution in [0.2, 0.25) is 0 Å². The van der Waals surface area contributed by atoms with Gasteiger partial charge in [-0.1, -0.05) is 0 Å². The molecule has 4 amide bonds. The van der Waals surface area contributed by atoms with E-state index in [0.29, 0.717) is 38.5 Å². The molecule has 1 saturated heterocycles. The maximum Gasteiger partial charge on any atom is 0.329 e. The number of aliphatic hydroxyl groups excluding tert-OH is 3. The van der Waals surface area contributed by atoms with Crippen molar-refractivity contribution in [1.82, 2.24) is 15.1 Å². The van der Waals surface area contributed by atoms with Crippen molar-refractivity contribution >= 4 is 23.8 Å². The second-order valence-corrected chi connectivity index (χ2v) is 8.35. The number of carboxylic acids is 1. The summed E-state index contributed by atoms with van der Waals surface area (Å²) in [7, 11) is 0. The maximum absolute atomic E-state index is 13.3. The highest BCUT2D eigenvalue weighted by Gasteiger charge is 2.53. The van der Waals surface area contributed by atoms with E-state index in [1.54, 1.807) is 0 Å². The topological polar surface area (TPSA) is 168 Å². The predicted octanol–water partition coefficient (Wildman–Crippen LogP) is -1.01. The Bertz CT molecular complexity index is 701. The van der Waals surface area contributed by atoms with Gasteiger partial charge in [-0.2, -0.15) is 0 Å². The van der Waals surface area contributed by atoms with Gasteiger partial charge in [0.15, 0.2) is 12.1 Å². The molecular formula is C19H29N3O8. The summed E-state index contributed by atoms with van der Waals surface area (Å²) in [6.45, 7) is -0.729. The molecule has 11 nitrogen and oxygen atoms in total. The van der Waals surface area contributed by atoms with E-state index in [0.717, 1.165) is 9.80 Å². The van der Waals surface area contributed by atoms with Crippen molar-refractivity contribution in [1.29, 1.82) is 0 Å². The van der Waals surface area contributed by atoms with E-state index in [-0.39, 0.29) is 12.8 Å². The zero-order chi connectivity index (χ0) is 22.0. The number of hydrogen-bond acceptors (Lipinski definition) is 7. The van der Waals surface area contributed by atoms with E-state index in [4.69, 9.17) is 5.11 Å². The number of aliphatic hydroxyl groups is 3. The fourth-order valence-corrected chi connectivity index (χ4v) is 4.76. The quantitative estimate of drug-likeness (QED) is 0.348. The van der Waals surface area contributed by atoms with Crippen LogP contribution in [-0.4, -0.2) is 91.1 Å². The summed E-state index contributed by atoms with van der Waals surface area (Å²) in [5.41, 5.74) is 0. The minimum Gasteiger partial charge on any atom is -0.480 e. The van der Waals surface area contributed by atoms with Gasteiger partial charge in [0, 0.05) is 12.1 Å². The van der Waals surface area contributed by atoms with E-state index in [1.165, 1.54) is 0 Å². The number of imide groups is 1. The Kier molecular flexibility index (Phi) is 6.94. The van der Waals surface area contributed by atoms with Crippen LogP contribution in [0.1, 0.15) is 51.4 Å². The Balaban J connectivity index is 1.91. The molecule has 30 heavy (non-hydrogen) atoms. The van der Waals surface area contributed by atoms with Crippen LogP contribution in [0.5, 0.6) is 0 Å². The number of urea groups is 1. The second kappa shape index (κ2) is 9.27. The van der Waals surface area contributed by atoms with Crippen molar-refractivity contribution in [3.05, 3.63) is 0 Å². The number of carboxylic acid groups (broad SMARTS) is 1. The van der Waals surface area contributed by atoms with Gasteiger partial charge in [-0.15, -0.1) is 0 Å². The largest absolute Gasteiger partial charge is 0.480 e. The van der Waals surface area contributed by atoms with Crippen LogP contribution >= 0.6 is 0 Å². The van der Waals surface area contributed by atoms with Crippen LogP contribution in [0.15, 0.2) is 0 Å². The van der Waals surface area contributed by atoms with Crippen LogP contribution in [0.25, 0.3) is 0 Å². The minimum atomic E-state index is -1.76. The van der Waals surface area contributed by atoms with Gasteiger partial charge >= 0.3 is 12.0 Å². The highest BCUT2D eigenvalue weighted by atomic mass is 16.4. The molecule has 6 atom stereocenters. The van der Waals surface area contributed by atoms with E-state index in [2.05, 4.69) is 5.32 Å². The molecule has 0 aromatic heterocycles. The number of hydrogen-bond donors (Lipinski definition) is 5. The van der Waals surface area contributed by atoms with E-state index in [1.807, 2.05) is 0 Å². The molecule has 5 N–H and O–H groups in total. The van der Waals surface area contributed by atoms with E-state index >= 15 is 0 Å². The molecule has 2 saturated carbocycles. The van der Waals surface area contributed by atoms with Crippen LogP contribution in [0.3, 0.4) is 0 Å². The van der Waals surface area contributed by atoms with Crippen LogP contribution in [0, 0.1) is 5.92 Å². The minimum absolute atomic E-state index is 0.179. The van der Waals surface area contributed by atoms with E-state index < -0.39 is 66.8 Å². The highest BCUT2D eigenvalue weighted by molar-refractivity contribution is 6.09.